The summed E-state index contributed by atoms with van der Waals surface area (Å²) >= 11 is 5.88. The molecule has 0 aliphatic carbocycles. The molecule has 7 heteroatoms. The van der Waals surface area contributed by atoms with E-state index in [1.807, 2.05) is 89.6 Å². The maximum Gasteiger partial charge on any atom is 0.216 e. The zero-order chi connectivity index (χ0) is 25.8. The van der Waals surface area contributed by atoms with Gasteiger partial charge < -0.3 is 0 Å². The van der Waals surface area contributed by atoms with Crippen molar-refractivity contribution in [1.29, 1.82) is 5.26 Å². The van der Waals surface area contributed by atoms with Crippen LogP contribution >= 0.6 is 11.6 Å². The fourth-order valence-corrected chi connectivity index (χ4v) is 5.20. The summed E-state index contributed by atoms with van der Waals surface area (Å²) in [6.07, 6.45) is 1.37. The van der Waals surface area contributed by atoms with Gasteiger partial charge in [0.1, 0.15) is 11.0 Å². The SMILES string of the molecule is N#CC(=Cc1ccc(-n2nc(-c3ccccc3)cc2-c2ccccc2)cc1)S(=O)(=O)c1ccc(Cl)cc1. The summed E-state index contributed by atoms with van der Waals surface area (Å²) in [6.45, 7) is 0. The molecule has 0 amide bonds. The monoisotopic (exact) mass is 521 g/mol. The van der Waals surface area contributed by atoms with Gasteiger partial charge >= 0.3 is 0 Å². The minimum Gasteiger partial charge on any atom is -0.232 e. The van der Waals surface area contributed by atoms with Crippen molar-refractivity contribution in [2.24, 2.45) is 0 Å². The Labute approximate surface area is 220 Å². The Morgan fingerprint density at radius 2 is 1.41 bits per heavy atom. The molecule has 1 heterocycles. The zero-order valence-corrected chi connectivity index (χ0v) is 21.1. The Hall–Kier alpha value is -4.44. The lowest BCUT2D eigenvalue weighted by molar-refractivity contribution is 0.603. The number of nitriles is 1. The summed E-state index contributed by atoms with van der Waals surface area (Å²) in [6, 6.07) is 36.8. The maximum atomic E-state index is 13.0. The molecule has 0 spiro atoms. The zero-order valence-electron chi connectivity index (χ0n) is 19.5. The Bertz CT molecular complexity index is 1720. The van der Waals surface area contributed by atoms with Crippen molar-refractivity contribution < 1.29 is 8.42 Å². The van der Waals surface area contributed by atoms with E-state index in [-0.39, 0.29) is 9.80 Å². The van der Waals surface area contributed by atoms with Crippen LogP contribution in [-0.2, 0) is 9.84 Å². The molecule has 4 aromatic carbocycles. The van der Waals surface area contributed by atoms with Crippen molar-refractivity contribution in [2.45, 2.75) is 4.90 Å². The lowest BCUT2D eigenvalue weighted by Crippen LogP contribution is -2.03. The molecule has 0 saturated carbocycles. The number of hydrogen-bond acceptors (Lipinski definition) is 4. The Kier molecular flexibility index (Phi) is 6.74. The van der Waals surface area contributed by atoms with Crippen LogP contribution in [0.2, 0.25) is 5.02 Å². The van der Waals surface area contributed by atoms with Crippen molar-refractivity contribution in [1.82, 2.24) is 9.78 Å². The van der Waals surface area contributed by atoms with Gasteiger partial charge in [-0.1, -0.05) is 84.4 Å². The summed E-state index contributed by atoms with van der Waals surface area (Å²) in [5, 5.41) is 14.9. The summed E-state index contributed by atoms with van der Waals surface area (Å²) < 4.78 is 27.8. The minimum atomic E-state index is -3.97. The first-order valence-corrected chi connectivity index (χ1v) is 13.3. The number of benzene rings is 4. The predicted molar refractivity (Wildman–Crippen MR) is 147 cm³/mol. The van der Waals surface area contributed by atoms with E-state index in [4.69, 9.17) is 16.7 Å². The molecule has 1 aromatic heterocycles. The Morgan fingerprint density at radius 3 is 2.00 bits per heavy atom. The number of halogens is 1. The quantitative estimate of drug-likeness (QED) is 0.221. The second-order valence-electron chi connectivity index (χ2n) is 8.23. The van der Waals surface area contributed by atoms with E-state index in [2.05, 4.69) is 0 Å². The van der Waals surface area contributed by atoms with Gasteiger partial charge in [0, 0.05) is 16.1 Å². The number of nitrogens with zero attached hydrogens (tertiary/aromatic N) is 3. The fraction of sp³-hybridized carbons (Fsp3) is 0. The maximum absolute atomic E-state index is 13.0. The highest BCUT2D eigenvalue weighted by atomic mass is 35.5. The highest BCUT2D eigenvalue weighted by Gasteiger charge is 2.21. The lowest BCUT2D eigenvalue weighted by Gasteiger charge is -2.08. The molecule has 37 heavy (non-hydrogen) atoms. The topological polar surface area (TPSA) is 75.8 Å². The molecule has 0 fully saturated rings. The highest BCUT2D eigenvalue weighted by Crippen LogP contribution is 2.29. The van der Waals surface area contributed by atoms with Gasteiger partial charge in [-0.25, -0.2) is 13.1 Å². The summed E-state index contributed by atoms with van der Waals surface area (Å²) in [5.41, 5.74) is 5.16. The lowest BCUT2D eigenvalue weighted by atomic mass is 10.1. The second-order valence-corrected chi connectivity index (χ2v) is 10.6. The molecule has 0 bridgehead atoms. The van der Waals surface area contributed by atoms with Gasteiger partial charge in [0.15, 0.2) is 0 Å². The van der Waals surface area contributed by atoms with Crippen LogP contribution < -0.4 is 0 Å². The Balaban J connectivity index is 1.53. The van der Waals surface area contributed by atoms with E-state index in [0.29, 0.717) is 10.6 Å². The van der Waals surface area contributed by atoms with Crippen molar-refractivity contribution >= 4 is 27.5 Å². The molecule has 0 aliphatic rings. The number of aromatic nitrogens is 2. The summed E-state index contributed by atoms with van der Waals surface area (Å²) in [4.78, 5) is -0.336. The van der Waals surface area contributed by atoms with Gasteiger partial charge in [-0.15, -0.1) is 0 Å². The molecule has 0 saturated heterocycles. The van der Waals surface area contributed by atoms with Crippen LogP contribution in [0.5, 0.6) is 0 Å². The second kappa shape index (κ2) is 10.3. The summed E-state index contributed by atoms with van der Waals surface area (Å²) in [5.74, 6) is 0. The van der Waals surface area contributed by atoms with Crippen LogP contribution in [0.3, 0.4) is 0 Å². The smallest absolute Gasteiger partial charge is 0.216 e. The molecule has 0 unspecified atom stereocenters. The average molecular weight is 522 g/mol. The highest BCUT2D eigenvalue weighted by molar-refractivity contribution is 7.95. The molecular formula is C30H20ClN3O2S. The molecule has 0 atom stereocenters. The number of hydrogen-bond donors (Lipinski definition) is 0. The molecule has 0 aliphatic heterocycles. The first-order chi connectivity index (χ1) is 18.0. The first-order valence-electron chi connectivity index (χ1n) is 11.4. The van der Waals surface area contributed by atoms with Crippen LogP contribution in [-0.4, -0.2) is 18.2 Å². The van der Waals surface area contributed by atoms with Crippen LogP contribution in [0.4, 0.5) is 0 Å². The van der Waals surface area contributed by atoms with Gasteiger partial charge in [-0.2, -0.15) is 10.4 Å². The van der Waals surface area contributed by atoms with Gasteiger partial charge in [-0.05, 0) is 54.1 Å². The molecule has 0 N–H and O–H groups in total. The van der Waals surface area contributed by atoms with Crippen molar-refractivity contribution in [3.63, 3.8) is 0 Å². The normalized spacial score (nSPS) is 11.7. The van der Waals surface area contributed by atoms with E-state index >= 15 is 0 Å². The third kappa shape index (κ3) is 5.10. The molecule has 0 radical (unpaired) electrons. The average Bonchev–Trinajstić information content (AvgIpc) is 3.39. The Morgan fingerprint density at radius 1 is 0.811 bits per heavy atom. The largest absolute Gasteiger partial charge is 0.232 e. The van der Waals surface area contributed by atoms with Crippen LogP contribution in [0.25, 0.3) is 34.3 Å². The van der Waals surface area contributed by atoms with E-state index in [1.165, 1.54) is 30.3 Å². The van der Waals surface area contributed by atoms with Crippen LogP contribution in [0, 0.1) is 11.3 Å². The van der Waals surface area contributed by atoms with Gasteiger partial charge in [0.2, 0.25) is 9.84 Å². The van der Waals surface area contributed by atoms with Crippen molar-refractivity contribution in [2.75, 3.05) is 0 Å². The fourth-order valence-electron chi connectivity index (χ4n) is 3.92. The first kappa shape index (κ1) is 24.3. The third-order valence-corrected chi connectivity index (χ3v) is 7.74. The van der Waals surface area contributed by atoms with Crippen LogP contribution in [0.1, 0.15) is 5.56 Å². The van der Waals surface area contributed by atoms with Gasteiger partial charge in [-0.3, -0.25) is 0 Å². The molecular weight excluding hydrogens is 502 g/mol. The molecule has 180 valence electrons. The minimum absolute atomic E-state index is 0.0128. The number of allylic oxidation sites excluding steroid dienone is 1. The summed E-state index contributed by atoms with van der Waals surface area (Å²) in [7, 11) is -3.97. The van der Waals surface area contributed by atoms with Gasteiger partial charge in [0.05, 0.1) is 22.0 Å². The number of sulfone groups is 1. The van der Waals surface area contributed by atoms with Crippen molar-refractivity contribution in [3.8, 4) is 34.3 Å². The van der Waals surface area contributed by atoms with E-state index < -0.39 is 9.84 Å². The number of rotatable bonds is 6. The standard InChI is InChI=1S/C30H20ClN3O2S/c31-25-13-17-27(18-14-25)37(35,36)28(21-32)19-22-11-15-26(16-12-22)34-30(24-9-5-2-6-10-24)20-29(33-34)23-7-3-1-4-8-23/h1-20H. The van der Waals surface area contributed by atoms with Crippen molar-refractivity contribution in [3.05, 3.63) is 131 Å². The van der Waals surface area contributed by atoms with Crippen LogP contribution in [0.15, 0.2) is 125 Å². The molecule has 5 aromatic rings. The molecule has 5 nitrogen and oxygen atoms in total. The van der Waals surface area contributed by atoms with E-state index in [0.717, 1.165) is 28.2 Å². The molecule has 5 rings (SSSR count). The van der Waals surface area contributed by atoms with E-state index in [9.17, 15) is 13.7 Å². The third-order valence-electron chi connectivity index (χ3n) is 5.81. The predicted octanol–water partition coefficient (Wildman–Crippen LogP) is 7.20. The van der Waals surface area contributed by atoms with E-state index in [1.54, 1.807) is 12.1 Å². The van der Waals surface area contributed by atoms with Gasteiger partial charge in [0.25, 0.3) is 0 Å².